The van der Waals surface area contributed by atoms with E-state index in [1.807, 2.05) is 17.0 Å². The largest absolute Gasteiger partial charge is 0.305 e. The molecule has 1 amide bonds. The van der Waals surface area contributed by atoms with E-state index in [0.717, 1.165) is 31.6 Å². The number of aryl methyl sites for hydroxylation is 1. The van der Waals surface area contributed by atoms with E-state index in [0.29, 0.717) is 17.5 Å². The van der Waals surface area contributed by atoms with Gasteiger partial charge in [0.15, 0.2) is 0 Å². The first-order valence-electron chi connectivity index (χ1n) is 12.8. The van der Waals surface area contributed by atoms with Crippen LogP contribution in [0.3, 0.4) is 0 Å². The quantitative estimate of drug-likeness (QED) is 0.460. The van der Waals surface area contributed by atoms with Gasteiger partial charge in [0.2, 0.25) is 0 Å². The van der Waals surface area contributed by atoms with E-state index in [1.165, 1.54) is 36.8 Å². The summed E-state index contributed by atoms with van der Waals surface area (Å²) in [5, 5.41) is 0. The molecule has 3 aromatic rings. The molecule has 0 bridgehead atoms. The number of rotatable bonds is 5. The monoisotopic (exact) mass is 453 g/mol. The molecule has 4 heteroatoms. The first-order chi connectivity index (χ1) is 16.7. The van der Waals surface area contributed by atoms with Gasteiger partial charge in [0.1, 0.15) is 0 Å². The second-order valence-corrected chi connectivity index (χ2v) is 9.88. The molecule has 2 aliphatic rings. The Morgan fingerprint density at radius 3 is 2.24 bits per heavy atom. The van der Waals surface area contributed by atoms with Crippen LogP contribution in [0.5, 0.6) is 0 Å². The van der Waals surface area contributed by atoms with E-state index in [-0.39, 0.29) is 11.9 Å². The van der Waals surface area contributed by atoms with Crippen LogP contribution in [-0.4, -0.2) is 41.0 Å². The topological polar surface area (TPSA) is 36.4 Å². The molecule has 0 unspecified atom stereocenters. The number of pyridine rings is 1. The van der Waals surface area contributed by atoms with Crippen molar-refractivity contribution in [2.75, 3.05) is 18.0 Å². The number of aromatic nitrogens is 1. The smallest absolute Gasteiger partial charge is 0.258 e. The maximum Gasteiger partial charge on any atom is 0.258 e. The van der Waals surface area contributed by atoms with Crippen molar-refractivity contribution in [1.29, 1.82) is 0 Å². The number of benzene rings is 2. The van der Waals surface area contributed by atoms with Crippen LogP contribution in [0.15, 0.2) is 79.1 Å². The number of anilines is 1. The zero-order valence-electron chi connectivity index (χ0n) is 20.1. The molecule has 1 aliphatic carbocycles. The fraction of sp³-hybridized carbons (Fsp3) is 0.400. The number of hydrogen-bond acceptors (Lipinski definition) is 3. The van der Waals surface area contributed by atoms with E-state index >= 15 is 0 Å². The number of carbonyl (C=O) groups excluding carboxylic acids is 1. The lowest BCUT2D eigenvalue weighted by atomic mass is 9.78. The molecule has 2 heterocycles. The molecule has 1 aromatic heterocycles. The maximum absolute atomic E-state index is 13.6. The lowest BCUT2D eigenvalue weighted by Gasteiger charge is -2.45. The van der Waals surface area contributed by atoms with Crippen molar-refractivity contribution in [1.82, 2.24) is 9.88 Å². The Balaban J connectivity index is 1.34. The van der Waals surface area contributed by atoms with Crippen LogP contribution in [0, 0.1) is 6.92 Å². The number of hydrogen-bond donors (Lipinski definition) is 0. The van der Waals surface area contributed by atoms with Crippen molar-refractivity contribution < 1.29 is 4.79 Å². The highest BCUT2D eigenvalue weighted by atomic mass is 16.2. The van der Waals surface area contributed by atoms with Crippen LogP contribution in [0.2, 0.25) is 0 Å². The number of nitrogens with zero attached hydrogens (tertiary/aromatic N) is 3. The van der Waals surface area contributed by atoms with Gasteiger partial charge in [0, 0.05) is 48.8 Å². The van der Waals surface area contributed by atoms with Crippen LogP contribution >= 0.6 is 0 Å². The van der Waals surface area contributed by atoms with Gasteiger partial charge >= 0.3 is 0 Å². The summed E-state index contributed by atoms with van der Waals surface area (Å²) in [6.07, 6.45) is 10.6. The van der Waals surface area contributed by atoms with Crippen LogP contribution in [0.4, 0.5) is 5.69 Å². The molecule has 1 aliphatic heterocycles. The number of carbonyl (C=O) groups is 1. The first-order valence-corrected chi connectivity index (χ1v) is 12.8. The Morgan fingerprint density at radius 2 is 1.53 bits per heavy atom. The number of piperidine rings is 1. The predicted molar refractivity (Wildman–Crippen MR) is 138 cm³/mol. The zero-order valence-corrected chi connectivity index (χ0v) is 20.1. The molecule has 1 saturated carbocycles. The van der Waals surface area contributed by atoms with Gasteiger partial charge in [0.05, 0.1) is 0 Å². The summed E-state index contributed by atoms with van der Waals surface area (Å²) in [5.41, 5.74) is 4.39. The Bertz CT molecular complexity index is 1060. The van der Waals surface area contributed by atoms with E-state index in [2.05, 4.69) is 71.4 Å². The van der Waals surface area contributed by atoms with E-state index < -0.39 is 0 Å². The molecule has 1 saturated heterocycles. The van der Waals surface area contributed by atoms with Crippen molar-refractivity contribution in [2.24, 2.45) is 0 Å². The van der Waals surface area contributed by atoms with Crippen LogP contribution in [0.25, 0.3) is 0 Å². The predicted octanol–water partition coefficient (Wildman–Crippen LogP) is 6.23. The SMILES string of the molecule is Cc1ccc(N(C(=O)c2ccncc2)C2CCN([C@@H]3CCCC[C@@H]3c3ccccc3)CC2)cc1. The fourth-order valence-corrected chi connectivity index (χ4v) is 5.95. The van der Waals surface area contributed by atoms with Crippen LogP contribution in [0.1, 0.15) is 65.9 Å². The average Bonchev–Trinajstić information content (AvgIpc) is 2.91. The molecule has 2 aromatic carbocycles. The number of likely N-dealkylation sites (tertiary alicyclic amines) is 1. The fourth-order valence-electron chi connectivity index (χ4n) is 5.95. The van der Waals surface area contributed by atoms with Crippen LogP contribution in [-0.2, 0) is 0 Å². The molecule has 2 fully saturated rings. The molecule has 2 atom stereocenters. The minimum Gasteiger partial charge on any atom is -0.305 e. The second-order valence-electron chi connectivity index (χ2n) is 9.88. The lowest BCUT2D eigenvalue weighted by Crippen LogP contribution is -2.51. The Morgan fingerprint density at radius 1 is 0.853 bits per heavy atom. The van der Waals surface area contributed by atoms with Gasteiger partial charge in [-0.1, -0.05) is 60.9 Å². The van der Waals surface area contributed by atoms with E-state index in [1.54, 1.807) is 12.4 Å². The summed E-state index contributed by atoms with van der Waals surface area (Å²) < 4.78 is 0. The van der Waals surface area contributed by atoms with E-state index in [4.69, 9.17) is 0 Å². The van der Waals surface area contributed by atoms with Crippen LogP contribution < -0.4 is 4.90 Å². The third-order valence-corrected chi connectivity index (χ3v) is 7.75. The van der Waals surface area contributed by atoms with Gasteiger partial charge in [-0.3, -0.25) is 14.7 Å². The third kappa shape index (κ3) is 4.92. The Kier molecular flexibility index (Phi) is 7.05. The molecule has 34 heavy (non-hydrogen) atoms. The minimum atomic E-state index is 0.0736. The molecule has 176 valence electrons. The summed E-state index contributed by atoms with van der Waals surface area (Å²) in [4.78, 5) is 22.5. The van der Waals surface area contributed by atoms with Crippen molar-refractivity contribution in [3.8, 4) is 0 Å². The Labute approximate surface area is 203 Å². The van der Waals surface area contributed by atoms with Gasteiger partial charge in [-0.15, -0.1) is 0 Å². The average molecular weight is 454 g/mol. The highest BCUT2D eigenvalue weighted by molar-refractivity contribution is 6.06. The molecule has 4 nitrogen and oxygen atoms in total. The zero-order chi connectivity index (χ0) is 23.3. The normalized spacial score (nSPS) is 21.8. The molecular formula is C30H35N3O. The summed E-state index contributed by atoms with van der Waals surface area (Å²) in [7, 11) is 0. The highest BCUT2D eigenvalue weighted by Crippen LogP contribution is 2.38. The standard InChI is InChI=1S/C30H35N3O/c1-23-11-13-26(14-12-23)33(30(34)25-15-19-31-20-16-25)27-17-21-32(22-18-27)29-10-6-5-9-28(29)24-7-3-2-4-8-24/h2-4,7-8,11-16,19-20,27-29H,5-6,9-10,17-18,21-22H2,1H3/t28-,29-/m1/s1. The molecule has 0 spiro atoms. The van der Waals surface area contributed by atoms with Gasteiger partial charge in [0.25, 0.3) is 5.91 Å². The lowest BCUT2D eigenvalue weighted by molar-refractivity contribution is 0.0895. The minimum absolute atomic E-state index is 0.0736. The van der Waals surface area contributed by atoms with Crippen molar-refractivity contribution in [2.45, 2.75) is 63.5 Å². The Hall–Kier alpha value is -2.98. The summed E-state index contributed by atoms with van der Waals surface area (Å²) in [5.74, 6) is 0.697. The van der Waals surface area contributed by atoms with Gasteiger partial charge in [-0.2, -0.15) is 0 Å². The maximum atomic E-state index is 13.6. The second kappa shape index (κ2) is 10.5. The van der Waals surface area contributed by atoms with E-state index in [9.17, 15) is 4.79 Å². The number of amides is 1. The summed E-state index contributed by atoms with van der Waals surface area (Å²) in [6.45, 7) is 4.18. The van der Waals surface area contributed by atoms with Crippen molar-refractivity contribution in [3.63, 3.8) is 0 Å². The first kappa shape index (κ1) is 22.8. The van der Waals surface area contributed by atoms with Gasteiger partial charge in [-0.25, -0.2) is 0 Å². The third-order valence-electron chi connectivity index (χ3n) is 7.75. The summed E-state index contributed by atoms with van der Waals surface area (Å²) >= 11 is 0. The molecule has 0 N–H and O–H groups in total. The highest BCUT2D eigenvalue weighted by Gasteiger charge is 2.36. The van der Waals surface area contributed by atoms with Gasteiger partial charge < -0.3 is 4.90 Å². The molecule has 5 rings (SSSR count). The molecule has 0 radical (unpaired) electrons. The van der Waals surface area contributed by atoms with Gasteiger partial charge in [-0.05, 0) is 68.4 Å². The van der Waals surface area contributed by atoms with Crippen molar-refractivity contribution >= 4 is 11.6 Å². The van der Waals surface area contributed by atoms with Crippen molar-refractivity contribution in [3.05, 3.63) is 95.8 Å². The summed E-state index contributed by atoms with van der Waals surface area (Å²) in [6, 6.07) is 23.9. The molecular weight excluding hydrogens is 418 g/mol.